The second-order valence-corrected chi connectivity index (χ2v) is 4.28. The molecule has 7 nitrogen and oxygen atoms in total. The van der Waals surface area contributed by atoms with Gasteiger partial charge in [0.15, 0.2) is 0 Å². The number of carbonyl (C=O) groups is 2. The molecule has 1 atom stereocenters. The molecule has 0 saturated heterocycles. The Bertz CT molecular complexity index is 554. The van der Waals surface area contributed by atoms with E-state index in [0.29, 0.717) is 0 Å². The highest BCUT2D eigenvalue weighted by molar-refractivity contribution is 5.91. The van der Waals surface area contributed by atoms with Gasteiger partial charge in [-0.2, -0.15) is 13.2 Å². The molecular formula is C10H11F3N4O3. The van der Waals surface area contributed by atoms with Crippen molar-refractivity contribution in [1.82, 2.24) is 14.5 Å². The summed E-state index contributed by atoms with van der Waals surface area (Å²) in [6, 6.07) is 0. The zero-order valence-electron chi connectivity index (χ0n) is 10.1. The van der Waals surface area contributed by atoms with Crippen molar-refractivity contribution in [3.8, 4) is 0 Å². The monoisotopic (exact) mass is 292 g/mol. The number of halogens is 3. The fourth-order valence-corrected chi connectivity index (χ4v) is 1.96. The first-order valence-electron chi connectivity index (χ1n) is 5.59. The SMILES string of the molecule is NC(=O)c1cnc2n1CCN(C(=O)C(O)C(F)(F)F)C2. The third-order valence-corrected chi connectivity index (χ3v) is 2.97. The Morgan fingerprint density at radius 2 is 2.05 bits per heavy atom. The lowest BCUT2D eigenvalue weighted by Gasteiger charge is -2.30. The predicted octanol–water partition coefficient (Wildman–Crippen LogP) is -0.753. The molecule has 3 N–H and O–H groups in total. The number of aliphatic hydroxyl groups is 1. The number of hydrogen-bond donors (Lipinski definition) is 2. The van der Waals surface area contributed by atoms with Gasteiger partial charge in [-0.15, -0.1) is 0 Å². The molecule has 0 radical (unpaired) electrons. The zero-order chi connectivity index (χ0) is 15.1. The predicted molar refractivity (Wildman–Crippen MR) is 58.2 cm³/mol. The molecule has 0 bridgehead atoms. The third-order valence-electron chi connectivity index (χ3n) is 2.97. The van der Waals surface area contributed by atoms with Crippen molar-refractivity contribution in [3.63, 3.8) is 0 Å². The van der Waals surface area contributed by atoms with Crippen LogP contribution in [0.1, 0.15) is 16.3 Å². The number of carbonyl (C=O) groups excluding carboxylic acids is 2. The van der Waals surface area contributed by atoms with E-state index in [1.54, 1.807) is 0 Å². The van der Waals surface area contributed by atoms with Gasteiger partial charge in [0.05, 0.1) is 12.7 Å². The van der Waals surface area contributed by atoms with E-state index in [1.807, 2.05) is 0 Å². The highest BCUT2D eigenvalue weighted by Crippen LogP contribution is 2.23. The summed E-state index contributed by atoms with van der Waals surface area (Å²) in [6.45, 7) is -0.210. The molecule has 1 unspecified atom stereocenters. The van der Waals surface area contributed by atoms with E-state index in [4.69, 9.17) is 10.8 Å². The number of primary amides is 1. The van der Waals surface area contributed by atoms with Crippen LogP contribution in [0.4, 0.5) is 13.2 Å². The minimum Gasteiger partial charge on any atom is -0.376 e. The number of rotatable bonds is 2. The van der Waals surface area contributed by atoms with Crippen LogP contribution >= 0.6 is 0 Å². The first-order valence-corrected chi connectivity index (χ1v) is 5.59. The number of hydrogen-bond acceptors (Lipinski definition) is 4. The molecule has 1 aromatic heterocycles. The molecule has 2 amide bonds. The zero-order valence-corrected chi connectivity index (χ0v) is 10.1. The fourth-order valence-electron chi connectivity index (χ4n) is 1.96. The van der Waals surface area contributed by atoms with Crippen LogP contribution in [0, 0.1) is 0 Å². The summed E-state index contributed by atoms with van der Waals surface area (Å²) >= 11 is 0. The Morgan fingerprint density at radius 1 is 1.40 bits per heavy atom. The van der Waals surface area contributed by atoms with Gasteiger partial charge in [0.2, 0.25) is 6.10 Å². The van der Waals surface area contributed by atoms with Gasteiger partial charge in [-0.05, 0) is 0 Å². The summed E-state index contributed by atoms with van der Waals surface area (Å²) in [6.07, 6.45) is -6.87. The molecule has 1 aromatic rings. The summed E-state index contributed by atoms with van der Waals surface area (Å²) in [5.74, 6) is -1.90. The minimum absolute atomic E-state index is 0.0738. The third kappa shape index (κ3) is 2.46. The normalized spacial score (nSPS) is 16.7. The van der Waals surface area contributed by atoms with Gasteiger partial charge in [-0.3, -0.25) is 9.59 Å². The maximum absolute atomic E-state index is 12.3. The van der Waals surface area contributed by atoms with Crippen molar-refractivity contribution in [3.05, 3.63) is 17.7 Å². The van der Waals surface area contributed by atoms with Gasteiger partial charge in [0.25, 0.3) is 11.8 Å². The van der Waals surface area contributed by atoms with E-state index < -0.39 is 24.1 Å². The van der Waals surface area contributed by atoms with Crippen LogP contribution < -0.4 is 5.73 Å². The Balaban J connectivity index is 2.16. The number of nitrogens with two attached hydrogens (primary N) is 1. The van der Waals surface area contributed by atoms with Crippen LogP contribution in [0.5, 0.6) is 0 Å². The number of aromatic nitrogens is 2. The summed E-state index contributed by atoms with van der Waals surface area (Å²) in [4.78, 5) is 27.3. The average Bonchev–Trinajstić information content (AvgIpc) is 2.78. The van der Waals surface area contributed by atoms with Crippen molar-refractivity contribution >= 4 is 11.8 Å². The van der Waals surface area contributed by atoms with E-state index in [2.05, 4.69) is 4.98 Å². The van der Waals surface area contributed by atoms with Gasteiger partial charge in [0, 0.05) is 13.1 Å². The van der Waals surface area contributed by atoms with Gasteiger partial charge >= 0.3 is 6.18 Å². The van der Waals surface area contributed by atoms with Crippen molar-refractivity contribution in [2.45, 2.75) is 25.4 Å². The average molecular weight is 292 g/mol. The quantitative estimate of drug-likeness (QED) is 0.748. The maximum atomic E-state index is 12.3. The molecule has 2 heterocycles. The van der Waals surface area contributed by atoms with Gasteiger partial charge < -0.3 is 20.3 Å². The van der Waals surface area contributed by atoms with Crippen LogP contribution in [0.15, 0.2) is 6.20 Å². The molecule has 10 heteroatoms. The molecular weight excluding hydrogens is 281 g/mol. The van der Waals surface area contributed by atoms with Crippen molar-refractivity contribution in [2.75, 3.05) is 6.54 Å². The molecule has 2 rings (SSSR count). The smallest absolute Gasteiger partial charge is 0.376 e. The summed E-state index contributed by atoms with van der Waals surface area (Å²) in [5.41, 5.74) is 5.24. The lowest BCUT2D eigenvalue weighted by Crippen LogP contribution is -2.49. The fraction of sp³-hybridized carbons (Fsp3) is 0.500. The second kappa shape index (κ2) is 4.78. The van der Waals surface area contributed by atoms with Gasteiger partial charge in [0.1, 0.15) is 11.5 Å². The highest BCUT2D eigenvalue weighted by Gasteiger charge is 2.46. The van der Waals surface area contributed by atoms with Gasteiger partial charge in [-0.1, -0.05) is 0 Å². The van der Waals surface area contributed by atoms with E-state index in [9.17, 15) is 22.8 Å². The lowest BCUT2D eigenvalue weighted by atomic mass is 10.2. The summed E-state index contributed by atoms with van der Waals surface area (Å²) in [7, 11) is 0. The molecule has 0 aliphatic carbocycles. The van der Waals surface area contributed by atoms with Crippen LogP contribution in [0.3, 0.4) is 0 Å². The Kier molecular flexibility index (Phi) is 3.42. The van der Waals surface area contributed by atoms with Crippen LogP contribution in [0.25, 0.3) is 0 Å². The van der Waals surface area contributed by atoms with E-state index in [0.717, 1.165) is 4.90 Å². The largest absolute Gasteiger partial charge is 0.423 e. The first-order chi connectivity index (χ1) is 9.21. The molecule has 1 aliphatic rings. The molecule has 110 valence electrons. The molecule has 1 aliphatic heterocycles. The standard InChI is InChI=1S/C10H11F3N4O3/c11-10(12,13)7(18)9(20)16-1-2-17-5(8(14)19)3-15-6(17)4-16/h3,7,18H,1-2,4H2,(H2,14,19). The molecule has 0 fully saturated rings. The molecule has 0 spiro atoms. The Morgan fingerprint density at radius 3 is 2.60 bits per heavy atom. The maximum Gasteiger partial charge on any atom is 0.423 e. The number of nitrogens with zero attached hydrogens (tertiary/aromatic N) is 3. The highest BCUT2D eigenvalue weighted by atomic mass is 19.4. The Labute approximate surface area is 110 Å². The van der Waals surface area contributed by atoms with E-state index >= 15 is 0 Å². The minimum atomic E-state index is -5.01. The lowest BCUT2D eigenvalue weighted by molar-refractivity contribution is -0.211. The van der Waals surface area contributed by atoms with E-state index in [-0.39, 0.29) is 31.2 Å². The van der Waals surface area contributed by atoms with E-state index in [1.165, 1.54) is 10.8 Å². The molecule has 0 aromatic carbocycles. The van der Waals surface area contributed by atoms with Crippen LogP contribution in [-0.2, 0) is 17.9 Å². The number of aliphatic hydroxyl groups excluding tert-OH is 1. The van der Waals surface area contributed by atoms with Crippen LogP contribution in [0.2, 0.25) is 0 Å². The van der Waals surface area contributed by atoms with Gasteiger partial charge in [-0.25, -0.2) is 4.98 Å². The number of alkyl halides is 3. The molecule has 0 saturated carbocycles. The molecule has 20 heavy (non-hydrogen) atoms. The first kappa shape index (κ1) is 14.3. The number of fused-ring (bicyclic) bond motifs is 1. The van der Waals surface area contributed by atoms with Crippen molar-refractivity contribution in [2.24, 2.45) is 5.73 Å². The Hall–Kier alpha value is -2.10. The van der Waals surface area contributed by atoms with Crippen molar-refractivity contribution < 1.29 is 27.9 Å². The number of imidazole rings is 1. The summed E-state index contributed by atoms with van der Waals surface area (Å²) in [5, 5.41) is 8.93. The summed E-state index contributed by atoms with van der Waals surface area (Å²) < 4.78 is 38.3. The number of amides is 2. The van der Waals surface area contributed by atoms with Crippen molar-refractivity contribution in [1.29, 1.82) is 0 Å². The van der Waals surface area contributed by atoms with Crippen LogP contribution in [-0.4, -0.2) is 50.2 Å². The topological polar surface area (TPSA) is 101 Å². The second-order valence-electron chi connectivity index (χ2n) is 4.28.